The molecule has 0 saturated heterocycles. The molecule has 0 radical (unpaired) electrons. The first-order chi connectivity index (χ1) is 13.5. The van der Waals surface area contributed by atoms with E-state index in [2.05, 4.69) is 5.32 Å². The van der Waals surface area contributed by atoms with Gasteiger partial charge in [0.25, 0.3) is 0 Å². The van der Waals surface area contributed by atoms with Crippen LogP contribution < -0.4 is 11.1 Å². The zero-order valence-electron chi connectivity index (χ0n) is 16.0. The molecule has 28 heavy (non-hydrogen) atoms. The van der Waals surface area contributed by atoms with Crippen LogP contribution in [0.4, 0.5) is 11.4 Å². The van der Waals surface area contributed by atoms with Crippen molar-refractivity contribution in [3.05, 3.63) is 59.7 Å². The van der Waals surface area contributed by atoms with E-state index in [1.165, 1.54) is 12.1 Å². The van der Waals surface area contributed by atoms with Gasteiger partial charge in [-0.15, -0.1) is 0 Å². The average Bonchev–Trinajstić information content (AvgIpc) is 2.69. The Labute approximate surface area is 164 Å². The zero-order valence-corrected chi connectivity index (χ0v) is 16.0. The molecule has 0 amide bonds. The predicted molar refractivity (Wildman–Crippen MR) is 107 cm³/mol. The number of rotatable bonds is 9. The van der Waals surface area contributed by atoms with Crippen molar-refractivity contribution in [1.82, 2.24) is 0 Å². The lowest BCUT2D eigenvalue weighted by Crippen LogP contribution is -2.10. The van der Waals surface area contributed by atoms with Crippen LogP contribution in [0.1, 0.15) is 20.7 Å². The topological polar surface area (TPSA) is 120 Å². The highest BCUT2D eigenvalue weighted by atomic mass is 16.6. The summed E-state index contributed by atoms with van der Waals surface area (Å²) in [6.07, 6.45) is 0. The maximum atomic E-state index is 11.6. The van der Waals surface area contributed by atoms with Crippen LogP contribution in [0, 0.1) is 0 Å². The predicted octanol–water partition coefficient (Wildman–Crippen LogP) is 2.52. The fourth-order valence-corrected chi connectivity index (χ4v) is 1.95. The van der Waals surface area contributed by atoms with E-state index < -0.39 is 5.97 Å². The minimum absolute atomic E-state index is 0.259. The molecule has 0 fully saturated rings. The van der Waals surface area contributed by atoms with Crippen molar-refractivity contribution in [1.29, 1.82) is 0 Å². The largest absolute Gasteiger partial charge is 0.478 e. The number of nitrogen functional groups attached to an aromatic ring is 1. The number of hydrogen-bond donors (Lipinski definition) is 3. The summed E-state index contributed by atoms with van der Waals surface area (Å²) in [5.74, 6) is -1.27. The number of esters is 1. The highest BCUT2D eigenvalue weighted by molar-refractivity contribution is 5.89. The van der Waals surface area contributed by atoms with Gasteiger partial charge in [-0.25, -0.2) is 9.59 Å². The highest BCUT2D eigenvalue weighted by Gasteiger charge is 2.06. The van der Waals surface area contributed by atoms with E-state index >= 15 is 0 Å². The van der Waals surface area contributed by atoms with Gasteiger partial charge in [0.2, 0.25) is 0 Å². The third kappa shape index (κ3) is 9.02. The van der Waals surface area contributed by atoms with E-state index in [1.807, 2.05) is 12.1 Å². The van der Waals surface area contributed by atoms with E-state index in [-0.39, 0.29) is 18.1 Å². The van der Waals surface area contributed by atoms with E-state index in [0.717, 1.165) is 12.2 Å². The summed E-state index contributed by atoms with van der Waals surface area (Å²) in [6, 6.07) is 13.2. The molecule has 0 aromatic heterocycles. The third-order valence-electron chi connectivity index (χ3n) is 3.43. The summed E-state index contributed by atoms with van der Waals surface area (Å²) in [7, 11) is 3.22. The molecule has 4 N–H and O–H groups in total. The Morgan fingerprint density at radius 1 is 0.893 bits per heavy atom. The smallest absolute Gasteiger partial charge is 0.338 e. The zero-order chi connectivity index (χ0) is 20.8. The number of ether oxygens (including phenoxy) is 3. The Morgan fingerprint density at radius 2 is 1.46 bits per heavy atom. The minimum atomic E-state index is -0.931. The molecule has 0 heterocycles. The molecule has 152 valence electrons. The van der Waals surface area contributed by atoms with Crippen LogP contribution in [0.2, 0.25) is 0 Å². The summed E-state index contributed by atoms with van der Waals surface area (Å²) >= 11 is 0. The molecule has 2 aromatic carbocycles. The number of nitrogens with two attached hydrogens (primary N) is 1. The normalized spacial score (nSPS) is 9.79. The van der Waals surface area contributed by atoms with Gasteiger partial charge in [0, 0.05) is 32.1 Å². The lowest BCUT2D eigenvalue weighted by atomic mass is 10.2. The lowest BCUT2D eigenvalue weighted by molar-refractivity contribution is 0.0388. The molecule has 2 rings (SSSR count). The molecule has 0 saturated carbocycles. The molecule has 0 aliphatic heterocycles. The molecular formula is C20H26N2O6. The number of nitrogens with one attached hydrogen (secondary N) is 1. The molecule has 0 aliphatic carbocycles. The number of carboxylic acid groups (broad SMARTS) is 1. The van der Waals surface area contributed by atoms with E-state index in [4.69, 9.17) is 25.1 Å². The van der Waals surface area contributed by atoms with Crippen LogP contribution in [0.3, 0.4) is 0 Å². The molecule has 0 aliphatic rings. The SMILES string of the molecule is COCCNc1ccc(C(=O)OCCOC)cc1.Nc1ccc(C(=O)O)cc1. The van der Waals surface area contributed by atoms with Gasteiger partial charge in [-0.2, -0.15) is 0 Å². The van der Waals surface area contributed by atoms with Gasteiger partial charge in [-0.05, 0) is 48.5 Å². The Bertz CT molecular complexity index is 716. The molecular weight excluding hydrogens is 364 g/mol. The third-order valence-corrected chi connectivity index (χ3v) is 3.43. The molecule has 2 aromatic rings. The van der Waals surface area contributed by atoms with Crippen molar-refractivity contribution in [2.24, 2.45) is 0 Å². The molecule has 8 nitrogen and oxygen atoms in total. The van der Waals surface area contributed by atoms with Crippen molar-refractivity contribution < 1.29 is 28.9 Å². The number of benzene rings is 2. The van der Waals surface area contributed by atoms with Crippen LogP contribution in [0.15, 0.2) is 48.5 Å². The van der Waals surface area contributed by atoms with E-state index in [0.29, 0.717) is 24.5 Å². The van der Waals surface area contributed by atoms with Gasteiger partial charge < -0.3 is 30.4 Å². The molecule has 0 atom stereocenters. The van der Waals surface area contributed by atoms with Gasteiger partial charge in [0.15, 0.2) is 0 Å². The summed E-state index contributed by atoms with van der Waals surface area (Å²) in [5.41, 5.74) is 7.64. The van der Waals surface area contributed by atoms with Crippen molar-refractivity contribution in [2.45, 2.75) is 0 Å². The Kier molecular flexibility index (Phi) is 10.8. The molecule has 0 spiro atoms. The maximum Gasteiger partial charge on any atom is 0.338 e. The summed E-state index contributed by atoms with van der Waals surface area (Å²) in [6.45, 7) is 2.04. The molecule has 8 heteroatoms. The van der Waals surface area contributed by atoms with Crippen molar-refractivity contribution in [3.8, 4) is 0 Å². The standard InChI is InChI=1S/C13H19NO4.C7H7NO2/c1-16-8-7-14-12-5-3-11(4-6-12)13(15)18-10-9-17-2;8-6-3-1-5(2-4-6)7(9)10/h3-6,14H,7-10H2,1-2H3;1-4H,8H2,(H,9,10). The Hall–Kier alpha value is -3.10. The first-order valence-electron chi connectivity index (χ1n) is 8.55. The number of carboxylic acids is 1. The van der Waals surface area contributed by atoms with Crippen molar-refractivity contribution in [2.75, 3.05) is 51.6 Å². The fourth-order valence-electron chi connectivity index (χ4n) is 1.95. The number of hydrogen-bond acceptors (Lipinski definition) is 7. The first-order valence-corrected chi connectivity index (χ1v) is 8.55. The van der Waals surface area contributed by atoms with Gasteiger partial charge in [-0.1, -0.05) is 0 Å². The number of carbonyl (C=O) groups excluding carboxylic acids is 1. The number of anilines is 2. The van der Waals surface area contributed by atoms with Gasteiger partial charge in [0.1, 0.15) is 6.61 Å². The number of carbonyl (C=O) groups is 2. The second-order valence-corrected chi connectivity index (χ2v) is 5.55. The van der Waals surface area contributed by atoms with Gasteiger partial charge >= 0.3 is 11.9 Å². The molecule has 0 bridgehead atoms. The van der Waals surface area contributed by atoms with Crippen molar-refractivity contribution >= 4 is 23.3 Å². The highest BCUT2D eigenvalue weighted by Crippen LogP contribution is 2.10. The lowest BCUT2D eigenvalue weighted by Gasteiger charge is -2.07. The fraction of sp³-hybridized carbons (Fsp3) is 0.300. The maximum absolute atomic E-state index is 11.6. The Balaban J connectivity index is 0.000000330. The van der Waals surface area contributed by atoms with Gasteiger partial charge in [0.05, 0.1) is 24.3 Å². The van der Waals surface area contributed by atoms with Gasteiger partial charge in [-0.3, -0.25) is 0 Å². The monoisotopic (exact) mass is 390 g/mol. The second kappa shape index (κ2) is 13.1. The number of methoxy groups -OCH3 is 2. The van der Waals surface area contributed by atoms with Crippen LogP contribution >= 0.6 is 0 Å². The van der Waals surface area contributed by atoms with E-state index in [9.17, 15) is 9.59 Å². The first kappa shape index (κ1) is 22.9. The molecule has 0 unspecified atom stereocenters. The van der Waals surface area contributed by atoms with Crippen LogP contribution in [0.5, 0.6) is 0 Å². The van der Waals surface area contributed by atoms with Crippen molar-refractivity contribution in [3.63, 3.8) is 0 Å². The summed E-state index contributed by atoms with van der Waals surface area (Å²) < 4.78 is 14.7. The summed E-state index contributed by atoms with van der Waals surface area (Å²) in [5, 5.41) is 11.6. The Morgan fingerprint density at radius 3 is 2.00 bits per heavy atom. The van der Waals surface area contributed by atoms with Crippen LogP contribution in [-0.2, 0) is 14.2 Å². The van der Waals surface area contributed by atoms with Crippen LogP contribution in [-0.4, -0.2) is 57.6 Å². The number of aromatic carboxylic acids is 1. The minimum Gasteiger partial charge on any atom is -0.478 e. The second-order valence-electron chi connectivity index (χ2n) is 5.55. The van der Waals surface area contributed by atoms with Crippen LogP contribution in [0.25, 0.3) is 0 Å². The quantitative estimate of drug-likeness (QED) is 0.339. The van der Waals surface area contributed by atoms with E-state index in [1.54, 1.807) is 38.5 Å². The summed E-state index contributed by atoms with van der Waals surface area (Å²) in [4.78, 5) is 21.8. The average molecular weight is 390 g/mol.